The van der Waals surface area contributed by atoms with Crippen LogP contribution in [-0.2, 0) is 5.60 Å². The van der Waals surface area contributed by atoms with E-state index in [1.165, 1.54) is 5.56 Å². The summed E-state index contributed by atoms with van der Waals surface area (Å²) < 4.78 is 0. The van der Waals surface area contributed by atoms with Crippen LogP contribution in [0.2, 0.25) is 0 Å². The third-order valence-corrected chi connectivity index (χ3v) is 3.08. The Morgan fingerprint density at radius 3 is 1.71 bits per heavy atom. The molecule has 1 nitrogen and oxygen atoms in total. The Labute approximate surface area is 106 Å². The maximum Gasteiger partial charge on any atom is 0.0901 e. The van der Waals surface area contributed by atoms with E-state index in [2.05, 4.69) is 58.9 Å². The number of rotatable bonds is 5. The van der Waals surface area contributed by atoms with Gasteiger partial charge >= 0.3 is 0 Å². The molecule has 1 aromatic carbocycles. The van der Waals surface area contributed by atoms with Crippen molar-refractivity contribution in [2.45, 2.75) is 53.1 Å². The van der Waals surface area contributed by atoms with Gasteiger partial charge in [-0.25, -0.2) is 0 Å². The van der Waals surface area contributed by atoms with Gasteiger partial charge < -0.3 is 5.11 Å². The first-order valence-electron chi connectivity index (χ1n) is 6.63. The van der Waals surface area contributed by atoms with Gasteiger partial charge in [-0.05, 0) is 37.2 Å². The van der Waals surface area contributed by atoms with E-state index in [-0.39, 0.29) is 0 Å². The summed E-state index contributed by atoms with van der Waals surface area (Å²) in [5, 5.41) is 10.9. The quantitative estimate of drug-likeness (QED) is 0.806. The van der Waals surface area contributed by atoms with Gasteiger partial charge in [-0.15, -0.1) is 0 Å². The minimum Gasteiger partial charge on any atom is -0.385 e. The average molecular weight is 234 g/mol. The van der Waals surface area contributed by atoms with Crippen LogP contribution in [0.3, 0.4) is 0 Å². The zero-order valence-electron chi connectivity index (χ0n) is 11.8. The second kappa shape index (κ2) is 5.68. The van der Waals surface area contributed by atoms with Gasteiger partial charge in [0.05, 0.1) is 5.60 Å². The molecule has 96 valence electrons. The van der Waals surface area contributed by atoms with Gasteiger partial charge in [0.1, 0.15) is 0 Å². The van der Waals surface area contributed by atoms with E-state index in [0.29, 0.717) is 11.8 Å². The van der Waals surface area contributed by atoms with Crippen molar-refractivity contribution < 1.29 is 5.11 Å². The molecule has 17 heavy (non-hydrogen) atoms. The molecule has 0 heterocycles. The number of aryl methyl sites for hydroxylation is 1. The number of hydrogen-bond donors (Lipinski definition) is 1. The molecule has 0 fully saturated rings. The molecule has 0 aliphatic heterocycles. The van der Waals surface area contributed by atoms with E-state index >= 15 is 0 Å². The highest BCUT2D eigenvalue weighted by Gasteiger charge is 2.30. The van der Waals surface area contributed by atoms with Crippen LogP contribution >= 0.6 is 0 Å². The Hall–Kier alpha value is -0.820. The highest BCUT2D eigenvalue weighted by atomic mass is 16.3. The summed E-state index contributed by atoms with van der Waals surface area (Å²) in [5.41, 5.74) is 1.63. The van der Waals surface area contributed by atoms with Crippen LogP contribution in [-0.4, -0.2) is 5.11 Å². The molecule has 0 radical (unpaired) electrons. The molecule has 0 amide bonds. The zero-order chi connectivity index (χ0) is 13.1. The highest BCUT2D eigenvalue weighted by Crippen LogP contribution is 2.34. The van der Waals surface area contributed by atoms with Gasteiger partial charge in [-0.2, -0.15) is 0 Å². The maximum absolute atomic E-state index is 10.9. The Kier molecular flexibility index (Phi) is 4.76. The van der Waals surface area contributed by atoms with Crippen LogP contribution in [0.15, 0.2) is 24.3 Å². The van der Waals surface area contributed by atoms with E-state index in [4.69, 9.17) is 0 Å². The molecule has 0 saturated heterocycles. The molecule has 0 unspecified atom stereocenters. The Balaban J connectivity index is 3.00. The van der Waals surface area contributed by atoms with Crippen LogP contribution in [0.25, 0.3) is 0 Å². The standard InChI is InChI=1S/C16H26O/c1-12(2)10-16(17,11-13(3)4)15-8-6-14(5)7-9-15/h6-9,12-13,17H,10-11H2,1-5H3. The van der Waals surface area contributed by atoms with Crippen molar-refractivity contribution in [3.63, 3.8) is 0 Å². The smallest absolute Gasteiger partial charge is 0.0901 e. The molecular formula is C16H26O. The van der Waals surface area contributed by atoms with E-state index in [1.54, 1.807) is 0 Å². The first kappa shape index (κ1) is 14.2. The van der Waals surface area contributed by atoms with E-state index in [1.807, 2.05) is 0 Å². The largest absolute Gasteiger partial charge is 0.385 e. The number of hydrogen-bond acceptors (Lipinski definition) is 1. The third kappa shape index (κ3) is 4.16. The van der Waals surface area contributed by atoms with Crippen LogP contribution in [0, 0.1) is 18.8 Å². The fourth-order valence-electron chi connectivity index (χ4n) is 2.53. The van der Waals surface area contributed by atoms with Crippen LogP contribution in [0.5, 0.6) is 0 Å². The minimum absolute atomic E-state index is 0.500. The van der Waals surface area contributed by atoms with E-state index in [0.717, 1.165) is 18.4 Å². The predicted octanol–water partition coefficient (Wildman–Crippen LogP) is 4.27. The lowest BCUT2D eigenvalue weighted by Gasteiger charge is -2.32. The molecule has 0 aliphatic carbocycles. The normalized spacial score (nSPS) is 12.5. The number of benzene rings is 1. The summed E-state index contributed by atoms with van der Waals surface area (Å²) in [4.78, 5) is 0. The second-order valence-corrected chi connectivity index (χ2v) is 6.09. The third-order valence-electron chi connectivity index (χ3n) is 3.08. The summed E-state index contributed by atoms with van der Waals surface area (Å²) >= 11 is 0. The molecule has 0 spiro atoms. The summed E-state index contributed by atoms with van der Waals surface area (Å²) in [6, 6.07) is 8.31. The lowest BCUT2D eigenvalue weighted by molar-refractivity contribution is -0.00450. The van der Waals surface area contributed by atoms with Crippen molar-refractivity contribution in [2.24, 2.45) is 11.8 Å². The molecule has 0 aliphatic rings. The molecule has 0 atom stereocenters. The molecule has 1 rings (SSSR count). The first-order valence-corrected chi connectivity index (χ1v) is 6.63. The van der Waals surface area contributed by atoms with Crippen molar-refractivity contribution in [3.05, 3.63) is 35.4 Å². The van der Waals surface area contributed by atoms with Crippen molar-refractivity contribution in [3.8, 4) is 0 Å². The molecule has 0 bridgehead atoms. The van der Waals surface area contributed by atoms with Gasteiger partial charge in [-0.3, -0.25) is 0 Å². The minimum atomic E-state index is -0.671. The second-order valence-electron chi connectivity index (χ2n) is 6.09. The molecule has 0 saturated carbocycles. The highest BCUT2D eigenvalue weighted by molar-refractivity contribution is 5.26. The maximum atomic E-state index is 10.9. The van der Waals surface area contributed by atoms with E-state index in [9.17, 15) is 5.11 Å². The van der Waals surface area contributed by atoms with Crippen molar-refractivity contribution in [2.75, 3.05) is 0 Å². The summed E-state index contributed by atoms with van der Waals surface area (Å²) in [5.74, 6) is 1.00. The van der Waals surface area contributed by atoms with Crippen molar-refractivity contribution in [1.82, 2.24) is 0 Å². The molecular weight excluding hydrogens is 208 g/mol. The Bertz CT molecular complexity index is 325. The summed E-state index contributed by atoms with van der Waals surface area (Å²) in [6.07, 6.45) is 1.66. The van der Waals surface area contributed by atoms with E-state index < -0.39 is 5.60 Å². The Morgan fingerprint density at radius 1 is 0.941 bits per heavy atom. The fraction of sp³-hybridized carbons (Fsp3) is 0.625. The van der Waals surface area contributed by atoms with Gasteiger partial charge in [0.2, 0.25) is 0 Å². The van der Waals surface area contributed by atoms with Gasteiger partial charge in [0.25, 0.3) is 0 Å². The first-order chi connectivity index (χ1) is 7.83. The SMILES string of the molecule is Cc1ccc(C(O)(CC(C)C)CC(C)C)cc1. The van der Waals surface area contributed by atoms with Gasteiger partial charge in [0, 0.05) is 0 Å². The van der Waals surface area contributed by atoms with Crippen molar-refractivity contribution >= 4 is 0 Å². The zero-order valence-corrected chi connectivity index (χ0v) is 11.8. The molecule has 1 N–H and O–H groups in total. The topological polar surface area (TPSA) is 20.2 Å². The van der Waals surface area contributed by atoms with Crippen LogP contribution in [0.4, 0.5) is 0 Å². The lowest BCUT2D eigenvalue weighted by atomic mass is 9.79. The molecule has 0 aromatic heterocycles. The van der Waals surface area contributed by atoms with Gasteiger partial charge in [-0.1, -0.05) is 57.5 Å². The lowest BCUT2D eigenvalue weighted by Crippen LogP contribution is -2.29. The van der Waals surface area contributed by atoms with Crippen LogP contribution in [0.1, 0.15) is 51.7 Å². The monoisotopic (exact) mass is 234 g/mol. The number of aliphatic hydroxyl groups is 1. The van der Waals surface area contributed by atoms with Crippen LogP contribution < -0.4 is 0 Å². The fourth-order valence-corrected chi connectivity index (χ4v) is 2.53. The molecule has 1 aromatic rings. The summed E-state index contributed by atoms with van der Waals surface area (Å²) in [7, 11) is 0. The predicted molar refractivity (Wildman–Crippen MR) is 74.0 cm³/mol. The van der Waals surface area contributed by atoms with Gasteiger partial charge in [0.15, 0.2) is 0 Å². The average Bonchev–Trinajstić information content (AvgIpc) is 2.15. The Morgan fingerprint density at radius 2 is 1.35 bits per heavy atom. The summed E-state index contributed by atoms with van der Waals surface area (Å²) in [6.45, 7) is 10.7. The van der Waals surface area contributed by atoms with Crippen molar-refractivity contribution in [1.29, 1.82) is 0 Å². The molecule has 1 heteroatoms.